The van der Waals surface area contributed by atoms with Crippen molar-refractivity contribution in [2.24, 2.45) is 10.9 Å². The number of amidine groups is 1. The van der Waals surface area contributed by atoms with Crippen molar-refractivity contribution in [2.45, 2.75) is 26.8 Å². The summed E-state index contributed by atoms with van der Waals surface area (Å²) >= 11 is 1.83. The molecular weight excluding hydrogens is 156 g/mol. The van der Waals surface area contributed by atoms with Crippen molar-refractivity contribution in [1.29, 1.82) is 0 Å². The van der Waals surface area contributed by atoms with Gasteiger partial charge in [0.15, 0.2) is 5.17 Å². The third kappa shape index (κ3) is 3.14. The first kappa shape index (κ1) is 8.91. The molecule has 64 valence electrons. The van der Waals surface area contributed by atoms with E-state index in [0.29, 0.717) is 12.0 Å². The summed E-state index contributed by atoms with van der Waals surface area (Å²) in [7, 11) is 0. The third-order valence-corrected chi connectivity index (χ3v) is 2.63. The molecule has 3 heteroatoms. The van der Waals surface area contributed by atoms with Crippen LogP contribution in [0.5, 0.6) is 0 Å². The molecule has 0 aromatic heterocycles. The molecule has 0 aromatic rings. The van der Waals surface area contributed by atoms with E-state index < -0.39 is 0 Å². The predicted molar refractivity (Wildman–Crippen MR) is 52.2 cm³/mol. The smallest absolute Gasteiger partial charge is 0.156 e. The van der Waals surface area contributed by atoms with Crippen molar-refractivity contribution in [3.8, 4) is 0 Å². The maximum absolute atomic E-state index is 4.44. The molecule has 1 fully saturated rings. The Bertz CT molecular complexity index is 154. The molecular formula is C8H16N2S. The van der Waals surface area contributed by atoms with Crippen LogP contribution in [0.25, 0.3) is 0 Å². The highest BCUT2D eigenvalue weighted by molar-refractivity contribution is 8.14. The Labute approximate surface area is 72.9 Å². The van der Waals surface area contributed by atoms with Gasteiger partial charge in [0.25, 0.3) is 0 Å². The zero-order chi connectivity index (χ0) is 8.27. The van der Waals surface area contributed by atoms with E-state index in [-0.39, 0.29) is 0 Å². The van der Waals surface area contributed by atoms with Gasteiger partial charge in [-0.15, -0.1) is 0 Å². The Hall–Kier alpha value is -0.180. The number of thioether (sulfide) groups is 1. The van der Waals surface area contributed by atoms with Crippen molar-refractivity contribution < 1.29 is 0 Å². The number of nitrogens with zero attached hydrogens (tertiary/aromatic N) is 1. The van der Waals surface area contributed by atoms with Gasteiger partial charge >= 0.3 is 0 Å². The van der Waals surface area contributed by atoms with Crippen molar-refractivity contribution in [3.63, 3.8) is 0 Å². The lowest BCUT2D eigenvalue weighted by molar-refractivity contribution is 0.662. The standard InChI is InChI=1S/C8H16N2S/c1-6(2)4-9-8-10-7(3)5-11-8/h6-7H,4-5H2,1-3H3,(H,9,10). The Kier molecular flexibility index (Phi) is 3.24. The average Bonchev–Trinajstić information content (AvgIpc) is 2.31. The van der Waals surface area contributed by atoms with E-state index in [4.69, 9.17) is 0 Å². The molecule has 1 N–H and O–H groups in total. The van der Waals surface area contributed by atoms with E-state index in [1.165, 1.54) is 0 Å². The minimum Gasteiger partial charge on any atom is -0.362 e. The van der Waals surface area contributed by atoms with Crippen LogP contribution in [-0.2, 0) is 0 Å². The molecule has 0 aliphatic carbocycles. The second kappa shape index (κ2) is 4.00. The van der Waals surface area contributed by atoms with Crippen molar-refractivity contribution in [1.82, 2.24) is 5.32 Å². The van der Waals surface area contributed by atoms with Crippen LogP contribution in [-0.4, -0.2) is 23.5 Å². The van der Waals surface area contributed by atoms with Gasteiger partial charge in [0.1, 0.15) is 0 Å². The van der Waals surface area contributed by atoms with Gasteiger partial charge in [0.2, 0.25) is 0 Å². The van der Waals surface area contributed by atoms with E-state index in [2.05, 4.69) is 31.1 Å². The second-order valence-corrected chi connectivity index (χ2v) is 4.40. The molecule has 1 heterocycles. The summed E-state index contributed by atoms with van der Waals surface area (Å²) in [4.78, 5) is 4.44. The van der Waals surface area contributed by atoms with E-state index in [1.807, 2.05) is 11.8 Å². The first-order valence-corrected chi connectivity index (χ1v) is 5.11. The highest BCUT2D eigenvalue weighted by Gasteiger charge is 2.14. The van der Waals surface area contributed by atoms with E-state index in [1.54, 1.807) is 0 Å². The molecule has 0 radical (unpaired) electrons. The quantitative estimate of drug-likeness (QED) is 0.686. The number of hydrogen-bond donors (Lipinski definition) is 1. The van der Waals surface area contributed by atoms with Crippen molar-refractivity contribution in [3.05, 3.63) is 0 Å². The second-order valence-electron chi connectivity index (χ2n) is 3.40. The highest BCUT2D eigenvalue weighted by Crippen LogP contribution is 2.13. The number of aliphatic imine (C=N–C) groups is 1. The largest absolute Gasteiger partial charge is 0.362 e. The molecule has 2 nitrogen and oxygen atoms in total. The Morgan fingerprint density at radius 3 is 2.91 bits per heavy atom. The summed E-state index contributed by atoms with van der Waals surface area (Å²) in [5.74, 6) is 1.83. The van der Waals surface area contributed by atoms with Crippen LogP contribution in [0.2, 0.25) is 0 Å². The van der Waals surface area contributed by atoms with E-state index >= 15 is 0 Å². The predicted octanol–water partition coefficient (Wildman–Crippen LogP) is 1.72. The van der Waals surface area contributed by atoms with Crippen LogP contribution in [0, 0.1) is 5.92 Å². The summed E-state index contributed by atoms with van der Waals surface area (Å²) in [5, 5.41) is 4.45. The van der Waals surface area contributed by atoms with Gasteiger partial charge < -0.3 is 5.32 Å². The summed E-state index contributed by atoms with van der Waals surface area (Å²) < 4.78 is 0. The van der Waals surface area contributed by atoms with Gasteiger partial charge in [-0.25, -0.2) is 0 Å². The zero-order valence-corrected chi connectivity index (χ0v) is 8.24. The topological polar surface area (TPSA) is 24.4 Å². The van der Waals surface area contributed by atoms with Crippen LogP contribution in [0.1, 0.15) is 20.8 Å². The molecule has 0 saturated carbocycles. The van der Waals surface area contributed by atoms with Crippen LogP contribution in [0.3, 0.4) is 0 Å². The number of nitrogens with one attached hydrogen (secondary N) is 1. The van der Waals surface area contributed by atoms with Gasteiger partial charge in [-0.3, -0.25) is 4.99 Å². The molecule has 0 aromatic carbocycles. The van der Waals surface area contributed by atoms with E-state index in [9.17, 15) is 0 Å². The first-order chi connectivity index (χ1) is 5.18. The minimum atomic E-state index is 0.603. The average molecular weight is 172 g/mol. The van der Waals surface area contributed by atoms with Crippen LogP contribution >= 0.6 is 11.8 Å². The number of rotatable bonds is 2. The molecule has 1 saturated heterocycles. The highest BCUT2D eigenvalue weighted by atomic mass is 32.2. The molecule has 1 atom stereocenters. The van der Waals surface area contributed by atoms with Gasteiger partial charge in [-0.1, -0.05) is 25.6 Å². The maximum Gasteiger partial charge on any atom is 0.156 e. The minimum absolute atomic E-state index is 0.603. The van der Waals surface area contributed by atoms with Crippen LogP contribution < -0.4 is 5.32 Å². The summed E-state index contributed by atoms with van der Waals surface area (Å²) in [6, 6.07) is 0.603. The Morgan fingerprint density at radius 1 is 1.73 bits per heavy atom. The zero-order valence-electron chi connectivity index (χ0n) is 7.42. The summed E-state index contributed by atoms with van der Waals surface area (Å²) in [5.41, 5.74) is 0. The van der Waals surface area contributed by atoms with E-state index in [0.717, 1.165) is 17.5 Å². The monoisotopic (exact) mass is 172 g/mol. The fraction of sp³-hybridized carbons (Fsp3) is 0.875. The fourth-order valence-electron chi connectivity index (χ4n) is 0.855. The van der Waals surface area contributed by atoms with Crippen molar-refractivity contribution >= 4 is 16.9 Å². The molecule has 0 amide bonds. The fourth-order valence-corrected chi connectivity index (χ4v) is 1.80. The first-order valence-electron chi connectivity index (χ1n) is 4.12. The third-order valence-electron chi connectivity index (χ3n) is 1.44. The molecule has 1 aliphatic heterocycles. The Morgan fingerprint density at radius 2 is 2.45 bits per heavy atom. The number of hydrogen-bond acceptors (Lipinski definition) is 2. The van der Waals surface area contributed by atoms with Crippen LogP contribution in [0.15, 0.2) is 4.99 Å². The van der Waals surface area contributed by atoms with Gasteiger partial charge in [-0.05, 0) is 12.8 Å². The SMILES string of the molecule is CC(C)CN=C1NC(C)CS1. The Balaban J connectivity index is 2.30. The molecule has 11 heavy (non-hydrogen) atoms. The summed E-state index contributed by atoms with van der Waals surface area (Å²) in [6.45, 7) is 7.51. The van der Waals surface area contributed by atoms with Crippen molar-refractivity contribution in [2.75, 3.05) is 12.3 Å². The molecule has 1 aliphatic rings. The lowest BCUT2D eigenvalue weighted by Gasteiger charge is -2.02. The van der Waals surface area contributed by atoms with Crippen LogP contribution in [0.4, 0.5) is 0 Å². The molecule has 1 rings (SSSR count). The summed E-state index contributed by atoms with van der Waals surface area (Å²) in [6.07, 6.45) is 0. The molecule has 1 unspecified atom stereocenters. The van der Waals surface area contributed by atoms with Gasteiger partial charge in [0, 0.05) is 18.3 Å². The maximum atomic E-state index is 4.44. The lowest BCUT2D eigenvalue weighted by Crippen LogP contribution is -2.23. The normalized spacial score (nSPS) is 28.0. The van der Waals surface area contributed by atoms with Gasteiger partial charge in [0.05, 0.1) is 0 Å². The lowest BCUT2D eigenvalue weighted by atomic mass is 10.2. The molecule has 0 bridgehead atoms. The molecule has 0 spiro atoms. The van der Waals surface area contributed by atoms with Gasteiger partial charge in [-0.2, -0.15) is 0 Å².